The molecule has 8 heteroatoms. The molecule has 1 N–H and O–H groups in total. The fraction of sp³-hybridized carbons (Fsp3) is 0.267. The highest BCUT2D eigenvalue weighted by molar-refractivity contribution is 5.96. The number of nitrogens with zero attached hydrogens (tertiary/aromatic N) is 5. The number of hydrogen-bond acceptors (Lipinski definition) is 7. The van der Waals surface area contributed by atoms with Gasteiger partial charge in [0, 0.05) is 12.7 Å². The van der Waals surface area contributed by atoms with Gasteiger partial charge in [-0.1, -0.05) is 0 Å². The SMILES string of the molecule is O=C(Nc1cncnc1)C1CCCN1c1nc2ncccc2o1. The van der Waals surface area contributed by atoms with Crippen molar-refractivity contribution in [3.8, 4) is 0 Å². The molecule has 0 aromatic carbocycles. The molecule has 1 aliphatic heterocycles. The Morgan fingerprint density at radius 2 is 2.22 bits per heavy atom. The predicted molar refractivity (Wildman–Crippen MR) is 82.8 cm³/mol. The van der Waals surface area contributed by atoms with Gasteiger partial charge >= 0.3 is 6.01 Å². The first-order chi connectivity index (χ1) is 11.3. The summed E-state index contributed by atoms with van der Waals surface area (Å²) < 4.78 is 5.73. The molecule has 0 bridgehead atoms. The molecule has 1 amide bonds. The third-order valence-corrected chi connectivity index (χ3v) is 3.78. The third-order valence-electron chi connectivity index (χ3n) is 3.78. The molecule has 1 aliphatic rings. The van der Waals surface area contributed by atoms with Crippen LogP contribution in [0.15, 0.2) is 41.5 Å². The van der Waals surface area contributed by atoms with Crippen LogP contribution in [-0.2, 0) is 4.79 Å². The fourth-order valence-electron chi connectivity index (χ4n) is 2.74. The second kappa shape index (κ2) is 5.64. The highest BCUT2D eigenvalue weighted by atomic mass is 16.4. The molecule has 3 aromatic rings. The molecule has 1 unspecified atom stereocenters. The molecule has 0 saturated carbocycles. The lowest BCUT2D eigenvalue weighted by Crippen LogP contribution is -2.39. The van der Waals surface area contributed by atoms with Crippen LogP contribution in [0.2, 0.25) is 0 Å². The van der Waals surface area contributed by atoms with Crippen molar-refractivity contribution in [2.75, 3.05) is 16.8 Å². The maximum absolute atomic E-state index is 12.5. The normalized spacial score (nSPS) is 17.6. The van der Waals surface area contributed by atoms with Crippen molar-refractivity contribution in [2.24, 2.45) is 0 Å². The van der Waals surface area contributed by atoms with E-state index in [1.807, 2.05) is 11.0 Å². The molecule has 4 heterocycles. The minimum Gasteiger partial charge on any atom is -0.422 e. The van der Waals surface area contributed by atoms with Crippen LogP contribution in [0, 0.1) is 0 Å². The van der Waals surface area contributed by atoms with Crippen molar-refractivity contribution in [1.29, 1.82) is 0 Å². The number of anilines is 2. The van der Waals surface area contributed by atoms with Crippen LogP contribution in [0.4, 0.5) is 11.7 Å². The number of rotatable bonds is 3. The minimum atomic E-state index is -0.330. The van der Waals surface area contributed by atoms with Crippen molar-refractivity contribution in [3.05, 3.63) is 37.1 Å². The molecule has 1 fully saturated rings. The van der Waals surface area contributed by atoms with Gasteiger partial charge in [0.2, 0.25) is 11.6 Å². The van der Waals surface area contributed by atoms with Gasteiger partial charge in [-0.05, 0) is 25.0 Å². The standard InChI is InChI=1S/C15H14N6O2/c22-14(19-10-7-16-9-17-8-10)11-3-2-6-21(11)15-20-13-12(23-15)4-1-5-18-13/h1,4-5,7-9,11H,2-3,6H2,(H,19,22). The van der Waals surface area contributed by atoms with E-state index in [4.69, 9.17) is 4.42 Å². The number of nitrogens with one attached hydrogen (secondary N) is 1. The summed E-state index contributed by atoms with van der Waals surface area (Å²) in [7, 11) is 0. The number of fused-ring (bicyclic) bond motifs is 1. The molecule has 0 aliphatic carbocycles. The van der Waals surface area contributed by atoms with Crippen molar-refractivity contribution in [1.82, 2.24) is 19.9 Å². The van der Waals surface area contributed by atoms with Gasteiger partial charge in [-0.15, -0.1) is 0 Å². The molecule has 23 heavy (non-hydrogen) atoms. The summed E-state index contributed by atoms with van der Waals surface area (Å²) in [6, 6.07) is 3.70. The Morgan fingerprint density at radius 1 is 1.35 bits per heavy atom. The minimum absolute atomic E-state index is 0.118. The Kier molecular flexibility index (Phi) is 3.34. The lowest BCUT2D eigenvalue weighted by Gasteiger charge is -2.21. The summed E-state index contributed by atoms with van der Waals surface area (Å²) in [6.07, 6.45) is 7.85. The van der Waals surface area contributed by atoms with Crippen LogP contribution in [0.5, 0.6) is 0 Å². The van der Waals surface area contributed by atoms with Crippen molar-refractivity contribution in [2.45, 2.75) is 18.9 Å². The number of hydrogen-bond donors (Lipinski definition) is 1. The number of oxazole rings is 1. The second-order valence-electron chi connectivity index (χ2n) is 5.29. The molecule has 3 aromatic heterocycles. The molecule has 0 spiro atoms. The number of pyridine rings is 1. The number of carbonyl (C=O) groups is 1. The summed E-state index contributed by atoms with van der Waals surface area (Å²) in [5.41, 5.74) is 1.73. The molecular weight excluding hydrogens is 296 g/mol. The van der Waals surface area contributed by atoms with Crippen LogP contribution >= 0.6 is 0 Å². The number of amides is 1. The maximum atomic E-state index is 12.5. The Bertz CT molecular complexity index is 801. The zero-order valence-corrected chi connectivity index (χ0v) is 12.2. The average Bonchev–Trinajstić information content (AvgIpc) is 3.22. The van der Waals surface area contributed by atoms with Crippen LogP contribution in [0.3, 0.4) is 0 Å². The smallest absolute Gasteiger partial charge is 0.300 e. The summed E-state index contributed by atoms with van der Waals surface area (Å²) in [4.78, 5) is 30.7. The Balaban J connectivity index is 1.57. The lowest BCUT2D eigenvalue weighted by molar-refractivity contribution is -0.117. The number of aromatic nitrogens is 4. The first-order valence-corrected chi connectivity index (χ1v) is 7.35. The predicted octanol–water partition coefficient (Wildman–Crippen LogP) is 1.62. The Hall–Kier alpha value is -3.03. The molecule has 1 saturated heterocycles. The monoisotopic (exact) mass is 310 g/mol. The lowest BCUT2D eigenvalue weighted by atomic mass is 10.2. The first kappa shape index (κ1) is 13.6. The zero-order chi connectivity index (χ0) is 15.6. The van der Waals surface area contributed by atoms with Crippen LogP contribution < -0.4 is 10.2 Å². The summed E-state index contributed by atoms with van der Waals surface area (Å²) in [5.74, 6) is -0.118. The third kappa shape index (κ3) is 2.59. The van der Waals surface area contributed by atoms with Gasteiger partial charge in [-0.25, -0.2) is 15.0 Å². The van der Waals surface area contributed by atoms with Crippen molar-refractivity contribution in [3.63, 3.8) is 0 Å². The Labute approximate surface area is 131 Å². The van der Waals surface area contributed by atoms with E-state index >= 15 is 0 Å². The van der Waals surface area contributed by atoms with Gasteiger partial charge < -0.3 is 14.6 Å². The van der Waals surface area contributed by atoms with E-state index in [2.05, 4.69) is 25.3 Å². The maximum Gasteiger partial charge on any atom is 0.300 e. The van der Waals surface area contributed by atoms with Crippen LogP contribution in [-0.4, -0.2) is 38.4 Å². The van der Waals surface area contributed by atoms with Gasteiger partial charge in [-0.2, -0.15) is 4.98 Å². The van der Waals surface area contributed by atoms with Crippen molar-refractivity contribution >= 4 is 28.8 Å². The Morgan fingerprint density at radius 3 is 3.04 bits per heavy atom. The van der Waals surface area contributed by atoms with Gasteiger partial charge in [0.1, 0.15) is 12.4 Å². The summed E-state index contributed by atoms with van der Waals surface area (Å²) >= 11 is 0. The summed E-state index contributed by atoms with van der Waals surface area (Å²) in [6.45, 7) is 0.718. The van der Waals surface area contributed by atoms with Crippen molar-refractivity contribution < 1.29 is 9.21 Å². The van der Waals surface area contributed by atoms with Crippen LogP contribution in [0.25, 0.3) is 11.2 Å². The molecule has 1 atom stereocenters. The average molecular weight is 310 g/mol. The quantitative estimate of drug-likeness (QED) is 0.785. The highest BCUT2D eigenvalue weighted by Gasteiger charge is 2.34. The van der Waals surface area contributed by atoms with E-state index < -0.39 is 0 Å². The van der Waals surface area contributed by atoms with E-state index in [9.17, 15) is 4.79 Å². The van der Waals surface area contributed by atoms with Gasteiger partial charge in [0.25, 0.3) is 0 Å². The number of carbonyl (C=O) groups excluding carboxylic acids is 1. The first-order valence-electron chi connectivity index (χ1n) is 7.35. The van der Waals surface area contributed by atoms with Gasteiger partial charge in [0.15, 0.2) is 5.58 Å². The molecule has 4 rings (SSSR count). The molecular formula is C15H14N6O2. The fourth-order valence-corrected chi connectivity index (χ4v) is 2.74. The van der Waals surface area contributed by atoms with E-state index in [1.165, 1.54) is 6.33 Å². The van der Waals surface area contributed by atoms with Gasteiger partial charge in [0.05, 0.1) is 18.1 Å². The zero-order valence-electron chi connectivity index (χ0n) is 12.2. The van der Waals surface area contributed by atoms with E-state index in [-0.39, 0.29) is 11.9 Å². The summed E-state index contributed by atoms with van der Waals surface area (Å²) in [5, 5.41) is 2.83. The molecule has 116 valence electrons. The highest BCUT2D eigenvalue weighted by Crippen LogP contribution is 2.28. The van der Waals surface area contributed by atoms with E-state index in [0.717, 1.165) is 19.4 Å². The van der Waals surface area contributed by atoms with E-state index in [1.54, 1.807) is 24.7 Å². The van der Waals surface area contributed by atoms with Crippen LogP contribution in [0.1, 0.15) is 12.8 Å². The topological polar surface area (TPSA) is 97.0 Å². The second-order valence-corrected chi connectivity index (χ2v) is 5.29. The largest absolute Gasteiger partial charge is 0.422 e. The van der Waals surface area contributed by atoms with Gasteiger partial charge in [-0.3, -0.25) is 4.79 Å². The van der Waals surface area contributed by atoms with E-state index in [0.29, 0.717) is 22.9 Å². The molecule has 8 nitrogen and oxygen atoms in total. The molecule has 0 radical (unpaired) electrons.